The van der Waals surface area contributed by atoms with Crippen LogP contribution < -0.4 is 11.1 Å². The van der Waals surface area contributed by atoms with Crippen molar-refractivity contribution >= 4 is 34.4 Å². The van der Waals surface area contributed by atoms with Crippen molar-refractivity contribution in [2.24, 2.45) is 0 Å². The molecule has 1 rings (SSSR count). The fraction of sp³-hybridized carbons (Fsp3) is 0.462. The summed E-state index contributed by atoms with van der Waals surface area (Å²) in [5.41, 5.74) is 7.01. The predicted molar refractivity (Wildman–Crippen MR) is 81.4 cm³/mol. The summed E-state index contributed by atoms with van der Waals surface area (Å²) < 4.78 is 6.18. The molecule has 5 heteroatoms. The minimum atomic E-state index is -0.487. The minimum Gasteiger partial charge on any atom is -0.444 e. The molecule has 0 saturated heterocycles. The zero-order valence-electron chi connectivity index (χ0n) is 11.1. The molecule has 0 aromatic heterocycles. The molecule has 0 aliphatic rings. The lowest BCUT2D eigenvalue weighted by Crippen LogP contribution is -2.34. The summed E-state index contributed by atoms with van der Waals surface area (Å²) in [6, 6.07) is 5.58. The zero-order valence-corrected chi connectivity index (χ0v) is 13.2. The first-order chi connectivity index (χ1) is 8.19. The first-order valence-corrected chi connectivity index (χ1v) is 6.81. The number of carbonyl (C=O) groups excluding carboxylic acids is 1. The maximum Gasteiger partial charge on any atom is 0.408 e. The third kappa shape index (κ3) is 4.72. The Hall–Kier alpha value is -0.980. The lowest BCUT2D eigenvalue weighted by Gasteiger charge is -2.22. The van der Waals surface area contributed by atoms with E-state index < -0.39 is 11.7 Å². The Bertz CT molecular complexity index is 441. The number of alkyl carbamates (subject to hydrolysis) is 1. The summed E-state index contributed by atoms with van der Waals surface area (Å²) in [5.74, 6) is 0. The Balaban J connectivity index is 2.68. The molecule has 0 aliphatic carbocycles. The number of ether oxygens (including phenoxy) is 1. The second-order valence-corrected chi connectivity index (χ2v) is 6.31. The fourth-order valence-corrected chi connectivity index (χ4v) is 1.92. The number of anilines is 1. The van der Waals surface area contributed by atoms with E-state index in [2.05, 4.69) is 27.9 Å². The van der Waals surface area contributed by atoms with Crippen LogP contribution in [0.3, 0.4) is 0 Å². The summed E-state index contributed by atoms with van der Waals surface area (Å²) in [6.07, 6.45) is -0.415. The molecule has 1 amide bonds. The maximum absolute atomic E-state index is 11.6. The van der Waals surface area contributed by atoms with Gasteiger partial charge in [0.05, 0.1) is 6.04 Å². The summed E-state index contributed by atoms with van der Waals surface area (Å²) in [4.78, 5) is 11.6. The predicted octanol–water partition coefficient (Wildman–Crippen LogP) is 3.46. The number of nitrogens with one attached hydrogen (secondary N) is 1. The summed E-state index contributed by atoms with van der Waals surface area (Å²) in [6.45, 7) is 7.42. The second kappa shape index (κ2) is 5.77. The Morgan fingerprint density at radius 3 is 2.56 bits per heavy atom. The second-order valence-electron chi connectivity index (χ2n) is 5.15. The summed E-state index contributed by atoms with van der Waals surface area (Å²) >= 11 is 2.17. The van der Waals surface area contributed by atoms with Crippen LogP contribution in [0.5, 0.6) is 0 Å². The van der Waals surface area contributed by atoms with Gasteiger partial charge in [-0.25, -0.2) is 4.79 Å². The quantitative estimate of drug-likeness (QED) is 0.626. The van der Waals surface area contributed by atoms with Gasteiger partial charge in [0.1, 0.15) is 5.60 Å². The van der Waals surface area contributed by atoms with Crippen LogP contribution in [0.2, 0.25) is 0 Å². The van der Waals surface area contributed by atoms with Crippen molar-refractivity contribution in [2.45, 2.75) is 39.3 Å². The molecule has 100 valence electrons. The van der Waals surface area contributed by atoms with Crippen molar-refractivity contribution in [2.75, 3.05) is 5.73 Å². The number of benzene rings is 1. The molecule has 0 spiro atoms. The van der Waals surface area contributed by atoms with Gasteiger partial charge >= 0.3 is 6.09 Å². The number of halogens is 1. The topological polar surface area (TPSA) is 64.3 Å². The van der Waals surface area contributed by atoms with Crippen molar-refractivity contribution in [3.05, 3.63) is 27.3 Å². The summed E-state index contributed by atoms with van der Waals surface area (Å²) in [7, 11) is 0. The first kappa shape index (κ1) is 15.1. The molecule has 4 nitrogen and oxygen atoms in total. The van der Waals surface area contributed by atoms with E-state index >= 15 is 0 Å². The van der Waals surface area contributed by atoms with Gasteiger partial charge in [0.2, 0.25) is 0 Å². The summed E-state index contributed by atoms with van der Waals surface area (Å²) in [5, 5.41) is 2.79. The van der Waals surface area contributed by atoms with Gasteiger partial charge in [-0.15, -0.1) is 0 Å². The van der Waals surface area contributed by atoms with E-state index in [9.17, 15) is 4.79 Å². The first-order valence-electron chi connectivity index (χ1n) is 5.73. The highest BCUT2D eigenvalue weighted by atomic mass is 127. The molecule has 18 heavy (non-hydrogen) atoms. The van der Waals surface area contributed by atoms with Gasteiger partial charge in [0.15, 0.2) is 0 Å². The number of carbonyl (C=O) groups is 1. The number of nitrogens with two attached hydrogens (primary N) is 1. The Morgan fingerprint density at radius 2 is 2.06 bits per heavy atom. The number of nitrogen functional groups attached to an aromatic ring is 1. The van der Waals surface area contributed by atoms with E-state index in [4.69, 9.17) is 10.5 Å². The van der Waals surface area contributed by atoms with Crippen LogP contribution in [0.4, 0.5) is 10.5 Å². The van der Waals surface area contributed by atoms with Crippen LogP contribution in [0.15, 0.2) is 18.2 Å². The van der Waals surface area contributed by atoms with Gasteiger partial charge in [0, 0.05) is 9.26 Å². The standard InChI is InChI=1S/C13H19IN2O2/c1-8(16-12(17)18-13(2,3)4)9-5-6-11(15)10(14)7-9/h5-8H,15H2,1-4H3,(H,16,17)/t8-/m1/s1. The normalized spacial score (nSPS) is 12.9. The molecule has 3 N–H and O–H groups in total. The minimum absolute atomic E-state index is 0.117. The Morgan fingerprint density at radius 1 is 1.44 bits per heavy atom. The Labute approximate surface area is 121 Å². The number of hydrogen-bond acceptors (Lipinski definition) is 3. The van der Waals surface area contributed by atoms with E-state index in [0.717, 1.165) is 14.8 Å². The van der Waals surface area contributed by atoms with E-state index in [0.29, 0.717) is 0 Å². The monoisotopic (exact) mass is 362 g/mol. The van der Waals surface area contributed by atoms with E-state index in [-0.39, 0.29) is 6.04 Å². The van der Waals surface area contributed by atoms with Gasteiger partial charge in [-0.05, 0) is 68.0 Å². The molecular weight excluding hydrogens is 343 g/mol. The third-order valence-corrected chi connectivity index (χ3v) is 3.19. The lowest BCUT2D eigenvalue weighted by atomic mass is 10.1. The van der Waals surface area contributed by atoms with Crippen molar-refractivity contribution in [3.8, 4) is 0 Å². The maximum atomic E-state index is 11.6. The molecule has 1 aromatic carbocycles. The average molecular weight is 362 g/mol. The van der Waals surface area contributed by atoms with Gasteiger partial charge in [-0.3, -0.25) is 0 Å². The van der Waals surface area contributed by atoms with Crippen molar-refractivity contribution < 1.29 is 9.53 Å². The molecule has 0 bridgehead atoms. The van der Waals surface area contributed by atoms with E-state index in [1.165, 1.54) is 0 Å². The highest BCUT2D eigenvalue weighted by Crippen LogP contribution is 2.21. The van der Waals surface area contributed by atoms with E-state index in [1.54, 1.807) is 0 Å². The van der Waals surface area contributed by atoms with Crippen molar-refractivity contribution in [1.82, 2.24) is 5.32 Å². The number of amides is 1. The molecule has 0 aliphatic heterocycles. The SMILES string of the molecule is C[C@@H](NC(=O)OC(C)(C)C)c1ccc(N)c(I)c1. The van der Waals surface area contributed by atoms with E-state index in [1.807, 2.05) is 45.9 Å². The smallest absolute Gasteiger partial charge is 0.408 e. The van der Waals surface area contributed by atoms with Crippen molar-refractivity contribution in [1.29, 1.82) is 0 Å². The molecule has 0 radical (unpaired) electrons. The number of hydrogen-bond donors (Lipinski definition) is 2. The van der Waals surface area contributed by atoms with Gasteiger partial charge in [0.25, 0.3) is 0 Å². The zero-order chi connectivity index (χ0) is 13.9. The largest absolute Gasteiger partial charge is 0.444 e. The van der Waals surface area contributed by atoms with Crippen LogP contribution in [0, 0.1) is 3.57 Å². The molecule has 1 atom stereocenters. The highest BCUT2D eigenvalue weighted by molar-refractivity contribution is 14.1. The van der Waals surface area contributed by atoms with Gasteiger partial charge < -0.3 is 15.8 Å². The molecular formula is C13H19IN2O2. The molecule has 1 aromatic rings. The van der Waals surface area contributed by atoms with Crippen LogP contribution in [0.25, 0.3) is 0 Å². The lowest BCUT2D eigenvalue weighted by molar-refractivity contribution is 0.0508. The third-order valence-electron chi connectivity index (χ3n) is 2.26. The van der Waals surface area contributed by atoms with Crippen LogP contribution in [-0.4, -0.2) is 11.7 Å². The average Bonchev–Trinajstić information content (AvgIpc) is 2.18. The molecule has 0 heterocycles. The van der Waals surface area contributed by atoms with Crippen LogP contribution in [-0.2, 0) is 4.74 Å². The molecule has 0 unspecified atom stereocenters. The Kier molecular flexibility index (Phi) is 4.84. The van der Waals surface area contributed by atoms with Crippen LogP contribution >= 0.6 is 22.6 Å². The van der Waals surface area contributed by atoms with Crippen molar-refractivity contribution in [3.63, 3.8) is 0 Å². The highest BCUT2D eigenvalue weighted by Gasteiger charge is 2.18. The fourth-order valence-electron chi connectivity index (χ4n) is 1.38. The van der Waals surface area contributed by atoms with Gasteiger partial charge in [-0.2, -0.15) is 0 Å². The van der Waals surface area contributed by atoms with Crippen LogP contribution in [0.1, 0.15) is 39.3 Å². The molecule has 0 fully saturated rings. The number of rotatable bonds is 2. The van der Waals surface area contributed by atoms with Gasteiger partial charge in [-0.1, -0.05) is 6.07 Å². The molecule has 0 saturated carbocycles.